The summed E-state index contributed by atoms with van der Waals surface area (Å²) in [6, 6.07) is 0. The Morgan fingerprint density at radius 3 is 1.45 bits per heavy atom. The van der Waals surface area contributed by atoms with Crippen molar-refractivity contribution in [3.05, 3.63) is 0 Å². The third-order valence-electron chi connectivity index (χ3n) is 2.48. The average Bonchev–Trinajstić information content (AvgIpc) is 2.33. The van der Waals surface area contributed by atoms with Crippen LogP contribution in [0.1, 0.15) is 85.5 Å². The molecule has 0 rings (SSSR count). The molecule has 0 aromatic carbocycles. The molecule has 6 heteroatoms. The van der Waals surface area contributed by atoms with E-state index in [4.69, 9.17) is 22.6 Å². The van der Waals surface area contributed by atoms with Crippen LogP contribution >= 0.6 is 0 Å². The van der Waals surface area contributed by atoms with Crippen molar-refractivity contribution in [2.24, 2.45) is 0 Å². The maximum atomic E-state index is 9.03. The van der Waals surface area contributed by atoms with E-state index in [9.17, 15) is 0 Å². The second-order valence-electron chi connectivity index (χ2n) is 4.56. The third-order valence-corrected chi connectivity index (χ3v) is 2.48. The van der Waals surface area contributed by atoms with Crippen LogP contribution in [-0.2, 0) is 10.4 Å². The van der Waals surface area contributed by atoms with Gasteiger partial charge in [-0.1, -0.05) is 72.1 Å². The van der Waals surface area contributed by atoms with Gasteiger partial charge in [0.05, 0.1) is 6.10 Å². The zero-order chi connectivity index (χ0) is 16.4. The molecule has 0 aromatic heterocycles. The number of unbranched alkanes of at least 4 members (excludes halogenated alkanes) is 7. The quantitative estimate of drug-likeness (QED) is 0.436. The lowest BCUT2D eigenvalue weighted by atomic mass is 10.1. The monoisotopic (exact) mass is 314 g/mol. The fourth-order valence-electron chi connectivity index (χ4n) is 1.57. The molecule has 0 saturated heterocycles. The first kappa shape index (κ1) is 24.8. The van der Waals surface area contributed by atoms with Crippen LogP contribution in [0.15, 0.2) is 0 Å². The number of hydrogen-bond donors (Lipinski definition) is 3. The van der Waals surface area contributed by atoms with Crippen LogP contribution in [0, 0.1) is 0 Å². The molecule has 1 atom stereocenters. The van der Waals surface area contributed by atoms with Gasteiger partial charge in [-0.05, 0) is 13.3 Å². The van der Waals surface area contributed by atoms with Gasteiger partial charge in [-0.15, -0.1) is 0 Å². The van der Waals surface area contributed by atoms with Crippen LogP contribution in [0.2, 0.25) is 0 Å². The molecule has 1 unspecified atom stereocenters. The van der Waals surface area contributed by atoms with E-state index < -0.39 is 10.4 Å². The van der Waals surface area contributed by atoms with Gasteiger partial charge in [0.1, 0.15) is 0 Å². The predicted octanol–water partition coefficient (Wildman–Crippen LogP) is 4.27. The van der Waals surface area contributed by atoms with E-state index in [0.717, 1.165) is 6.42 Å². The van der Waals surface area contributed by atoms with Crippen LogP contribution in [-0.4, -0.2) is 28.7 Å². The molecule has 0 fully saturated rings. The van der Waals surface area contributed by atoms with E-state index in [0.29, 0.717) is 0 Å². The molecule has 0 saturated carbocycles. The van der Waals surface area contributed by atoms with Crippen molar-refractivity contribution >= 4 is 10.4 Å². The molecule has 20 heavy (non-hydrogen) atoms. The Labute approximate surface area is 125 Å². The van der Waals surface area contributed by atoms with Crippen molar-refractivity contribution in [2.75, 3.05) is 0 Å². The van der Waals surface area contributed by atoms with Gasteiger partial charge in [0.2, 0.25) is 0 Å². The molecule has 0 heterocycles. The molecular formula is C14H34O5S. The first-order valence-electron chi connectivity index (χ1n) is 7.65. The lowest BCUT2D eigenvalue weighted by Gasteiger charge is -2.03. The minimum absolute atomic E-state index is 0.0971. The van der Waals surface area contributed by atoms with Crippen LogP contribution in [0.5, 0.6) is 0 Å². The van der Waals surface area contributed by atoms with Crippen LogP contribution < -0.4 is 0 Å². The zero-order valence-electron chi connectivity index (χ0n) is 13.5. The molecule has 0 bridgehead atoms. The fourth-order valence-corrected chi connectivity index (χ4v) is 1.57. The molecule has 0 aromatic rings. The second kappa shape index (κ2) is 18.8. The Morgan fingerprint density at radius 2 is 1.15 bits per heavy atom. The first-order valence-corrected chi connectivity index (χ1v) is 9.05. The van der Waals surface area contributed by atoms with E-state index in [1.807, 2.05) is 20.8 Å². The minimum atomic E-state index is -4.67. The van der Waals surface area contributed by atoms with Crippen molar-refractivity contribution in [2.45, 2.75) is 91.6 Å². The van der Waals surface area contributed by atoms with Crippen molar-refractivity contribution in [3.63, 3.8) is 0 Å². The Bertz CT molecular complexity index is 242. The van der Waals surface area contributed by atoms with Crippen molar-refractivity contribution < 1.29 is 22.6 Å². The highest BCUT2D eigenvalue weighted by Gasteiger charge is 1.95. The summed E-state index contributed by atoms with van der Waals surface area (Å²) in [5.74, 6) is 0. The van der Waals surface area contributed by atoms with Crippen LogP contribution in [0.3, 0.4) is 0 Å². The number of aliphatic hydroxyl groups is 1. The maximum Gasteiger partial charge on any atom is 0.394 e. The van der Waals surface area contributed by atoms with E-state index in [2.05, 4.69) is 6.92 Å². The Balaban J connectivity index is -0.000000346. The summed E-state index contributed by atoms with van der Waals surface area (Å²) in [5, 5.41) is 9.03. The highest BCUT2D eigenvalue weighted by atomic mass is 32.3. The molecule has 0 amide bonds. The summed E-state index contributed by atoms with van der Waals surface area (Å²) in [6.07, 6.45) is 11.7. The van der Waals surface area contributed by atoms with Crippen molar-refractivity contribution in [1.29, 1.82) is 0 Å². The second-order valence-corrected chi connectivity index (χ2v) is 5.46. The van der Waals surface area contributed by atoms with Gasteiger partial charge in [-0.2, -0.15) is 8.42 Å². The van der Waals surface area contributed by atoms with Gasteiger partial charge in [-0.3, -0.25) is 9.11 Å². The Kier molecular flexibility index (Phi) is 23.4. The molecular weight excluding hydrogens is 280 g/mol. The highest BCUT2D eigenvalue weighted by Crippen LogP contribution is 2.10. The van der Waals surface area contributed by atoms with Crippen molar-refractivity contribution in [1.82, 2.24) is 0 Å². The van der Waals surface area contributed by atoms with Crippen LogP contribution in [0.25, 0.3) is 0 Å². The largest absolute Gasteiger partial charge is 0.394 e. The third kappa shape index (κ3) is 52.3. The zero-order valence-corrected chi connectivity index (χ0v) is 14.3. The molecule has 3 N–H and O–H groups in total. The normalized spacial score (nSPS) is 11.8. The van der Waals surface area contributed by atoms with E-state index >= 15 is 0 Å². The van der Waals surface area contributed by atoms with Crippen molar-refractivity contribution in [3.8, 4) is 0 Å². The number of rotatable bonds is 9. The van der Waals surface area contributed by atoms with Gasteiger partial charge in [0, 0.05) is 0 Å². The fraction of sp³-hybridized carbons (Fsp3) is 1.00. The van der Waals surface area contributed by atoms with E-state index in [-0.39, 0.29) is 6.10 Å². The number of aliphatic hydroxyl groups excluding tert-OH is 1. The molecule has 0 aliphatic heterocycles. The molecule has 0 radical (unpaired) electrons. The van der Waals surface area contributed by atoms with Gasteiger partial charge in [-0.25, -0.2) is 0 Å². The van der Waals surface area contributed by atoms with Gasteiger partial charge in [0.25, 0.3) is 0 Å². The molecule has 126 valence electrons. The van der Waals surface area contributed by atoms with Gasteiger partial charge in [0.15, 0.2) is 0 Å². The smallest absolute Gasteiger partial charge is 0.393 e. The summed E-state index contributed by atoms with van der Waals surface area (Å²) in [4.78, 5) is 0. The number of hydrogen-bond acceptors (Lipinski definition) is 3. The van der Waals surface area contributed by atoms with Gasteiger partial charge >= 0.3 is 10.4 Å². The SMILES string of the molecule is CC.CCCCCCCCCCC(C)O.O=S(=O)(O)O. The maximum absolute atomic E-state index is 9.03. The molecule has 0 spiro atoms. The summed E-state index contributed by atoms with van der Waals surface area (Å²) in [5.41, 5.74) is 0. The first-order chi connectivity index (χ1) is 9.27. The van der Waals surface area contributed by atoms with E-state index in [1.54, 1.807) is 0 Å². The minimum Gasteiger partial charge on any atom is -0.393 e. The Morgan fingerprint density at radius 1 is 0.850 bits per heavy atom. The standard InChI is InChI=1S/C12H26O.C2H6.H2O4S/c1-3-4-5-6-7-8-9-10-11-12(2)13;1-2;1-5(2,3)4/h12-13H,3-11H2,1-2H3;1-2H3;(H2,1,2,3,4). The highest BCUT2D eigenvalue weighted by molar-refractivity contribution is 7.79. The average molecular weight is 314 g/mol. The summed E-state index contributed by atoms with van der Waals surface area (Å²) >= 11 is 0. The Hall–Kier alpha value is -0.170. The topological polar surface area (TPSA) is 94.8 Å². The predicted molar refractivity (Wildman–Crippen MR) is 84.4 cm³/mol. The lowest BCUT2D eigenvalue weighted by Crippen LogP contribution is -1.98. The summed E-state index contributed by atoms with van der Waals surface area (Å²) in [7, 11) is -4.67. The van der Waals surface area contributed by atoms with Crippen LogP contribution in [0.4, 0.5) is 0 Å². The molecule has 0 aliphatic rings. The summed E-state index contributed by atoms with van der Waals surface area (Å²) < 4.78 is 31.6. The van der Waals surface area contributed by atoms with Gasteiger partial charge < -0.3 is 5.11 Å². The van der Waals surface area contributed by atoms with E-state index in [1.165, 1.54) is 51.4 Å². The lowest BCUT2D eigenvalue weighted by molar-refractivity contribution is 0.180. The molecule has 0 aliphatic carbocycles. The summed E-state index contributed by atoms with van der Waals surface area (Å²) in [6.45, 7) is 8.13. The molecule has 5 nitrogen and oxygen atoms in total.